The fourth-order valence-electron chi connectivity index (χ4n) is 4.42. The monoisotopic (exact) mass is 492 g/mol. The Morgan fingerprint density at radius 1 is 1.15 bits per heavy atom. The molecule has 2 aliphatic rings. The first-order valence-electron chi connectivity index (χ1n) is 10.7. The van der Waals surface area contributed by atoms with E-state index in [1.54, 1.807) is 6.07 Å². The summed E-state index contributed by atoms with van der Waals surface area (Å²) >= 11 is 0. The Morgan fingerprint density at radius 3 is 2.47 bits per heavy atom. The van der Waals surface area contributed by atoms with Crippen molar-refractivity contribution in [1.82, 2.24) is 15.3 Å². The number of piperidine rings is 1. The Morgan fingerprint density at radius 2 is 1.88 bits per heavy atom. The molecule has 3 unspecified atom stereocenters. The third-order valence-electron chi connectivity index (χ3n) is 5.97. The lowest BCUT2D eigenvalue weighted by molar-refractivity contribution is -0.138. The number of aromatic nitrogens is 2. The Labute approximate surface area is 191 Å². The minimum atomic E-state index is -4.79. The molecule has 0 aliphatic carbocycles. The fraction of sp³-hybridized carbons (Fsp3) is 0.545. The van der Waals surface area contributed by atoms with Crippen LogP contribution in [0.2, 0.25) is 0 Å². The van der Waals surface area contributed by atoms with Gasteiger partial charge in [0.15, 0.2) is 0 Å². The molecule has 34 heavy (non-hydrogen) atoms. The molecule has 2 aliphatic heterocycles. The summed E-state index contributed by atoms with van der Waals surface area (Å²) in [6.45, 7) is 0.355. The van der Waals surface area contributed by atoms with E-state index in [1.165, 1.54) is 12.3 Å². The third-order valence-corrected chi connectivity index (χ3v) is 5.97. The molecule has 186 valence electrons. The Bertz CT molecular complexity index is 992. The lowest BCUT2D eigenvalue weighted by Gasteiger charge is -2.40. The molecule has 0 aromatic carbocycles. The lowest BCUT2D eigenvalue weighted by atomic mass is 9.84. The molecule has 0 amide bonds. The maximum atomic E-state index is 13.5. The van der Waals surface area contributed by atoms with Gasteiger partial charge in [-0.25, -0.2) is 22.5 Å². The molecule has 4 rings (SSSR count). The van der Waals surface area contributed by atoms with Crippen molar-refractivity contribution < 1.29 is 35.5 Å². The standard InChI is InChI=1S/C22H23F7N4O/c1-12-4-14(13-2-3-18(19(23)24)30-7-13)5-15(32-12)9-34-16-6-17(22(27,28)29)20(31-8-16)33-10-21(25,26)11-33/h2-3,6-8,12,14-15,19,32H,4-5,9-11H2,1H3. The predicted octanol–water partition coefficient (Wildman–Crippen LogP) is 5.19. The van der Waals surface area contributed by atoms with E-state index in [-0.39, 0.29) is 36.1 Å². The number of alkyl halides is 7. The van der Waals surface area contributed by atoms with Gasteiger partial charge in [-0.15, -0.1) is 0 Å². The van der Waals surface area contributed by atoms with Crippen molar-refractivity contribution in [3.63, 3.8) is 0 Å². The number of ether oxygens (including phenoxy) is 1. The molecule has 4 heterocycles. The van der Waals surface area contributed by atoms with Gasteiger partial charge in [0.05, 0.1) is 19.3 Å². The molecule has 2 aromatic rings. The molecule has 1 N–H and O–H groups in total. The predicted molar refractivity (Wildman–Crippen MR) is 109 cm³/mol. The summed E-state index contributed by atoms with van der Waals surface area (Å²) in [5.41, 5.74) is -0.628. The van der Waals surface area contributed by atoms with Gasteiger partial charge in [0.1, 0.15) is 29.4 Å². The smallest absolute Gasteiger partial charge is 0.420 e. The molecule has 12 heteroatoms. The highest BCUT2D eigenvalue weighted by molar-refractivity contribution is 5.53. The zero-order valence-corrected chi connectivity index (χ0v) is 18.1. The number of hydrogen-bond acceptors (Lipinski definition) is 5. The average molecular weight is 492 g/mol. The van der Waals surface area contributed by atoms with Gasteiger partial charge in [0.2, 0.25) is 0 Å². The summed E-state index contributed by atoms with van der Waals surface area (Å²) in [6, 6.07) is 3.52. The van der Waals surface area contributed by atoms with E-state index in [1.807, 2.05) is 6.92 Å². The zero-order valence-electron chi connectivity index (χ0n) is 18.1. The largest absolute Gasteiger partial charge is 0.490 e. The summed E-state index contributed by atoms with van der Waals surface area (Å²) in [7, 11) is 0. The molecule has 0 saturated carbocycles. The first-order chi connectivity index (χ1) is 15.9. The van der Waals surface area contributed by atoms with E-state index in [0.717, 1.165) is 29.1 Å². The van der Waals surface area contributed by atoms with Crippen molar-refractivity contribution >= 4 is 5.82 Å². The van der Waals surface area contributed by atoms with Crippen molar-refractivity contribution in [1.29, 1.82) is 0 Å². The number of halogens is 7. The van der Waals surface area contributed by atoms with Crippen molar-refractivity contribution in [2.24, 2.45) is 0 Å². The number of rotatable bonds is 6. The number of pyridine rings is 2. The second-order valence-electron chi connectivity index (χ2n) is 8.81. The van der Waals surface area contributed by atoms with E-state index in [0.29, 0.717) is 6.42 Å². The average Bonchev–Trinajstić information content (AvgIpc) is 2.75. The van der Waals surface area contributed by atoms with E-state index in [9.17, 15) is 30.7 Å². The quantitative estimate of drug-likeness (QED) is 0.563. The summed E-state index contributed by atoms with van der Waals surface area (Å²) in [6.07, 6.45) is -3.60. The summed E-state index contributed by atoms with van der Waals surface area (Å²) in [4.78, 5) is 8.44. The van der Waals surface area contributed by atoms with Crippen LogP contribution in [0.5, 0.6) is 5.75 Å². The van der Waals surface area contributed by atoms with Crippen LogP contribution in [-0.2, 0) is 6.18 Å². The molecule has 0 bridgehead atoms. The highest BCUT2D eigenvalue weighted by Crippen LogP contribution is 2.41. The molecule has 2 fully saturated rings. The number of nitrogens with one attached hydrogen (secondary N) is 1. The van der Waals surface area contributed by atoms with Crippen LogP contribution in [0.15, 0.2) is 30.6 Å². The van der Waals surface area contributed by atoms with Gasteiger partial charge in [-0.3, -0.25) is 4.98 Å². The molecular formula is C22H23F7N4O. The van der Waals surface area contributed by atoms with Gasteiger partial charge >= 0.3 is 6.18 Å². The molecule has 2 aromatic heterocycles. The van der Waals surface area contributed by atoms with Crippen LogP contribution in [0.25, 0.3) is 0 Å². The molecule has 3 atom stereocenters. The maximum Gasteiger partial charge on any atom is 0.420 e. The number of nitrogens with zero attached hydrogens (tertiary/aromatic N) is 3. The van der Waals surface area contributed by atoms with Crippen molar-refractivity contribution in [2.45, 2.75) is 56.3 Å². The normalized spacial score (nSPS) is 24.7. The first-order valence-corrected chi connectivity index (χ1v) is 10.7. The summed E-state index contributed by atoms with van der Waals surface area (Å²) < 4.78 is 97.9. The second kappa shape index (κ2) is 9.20. The van der Waals surface area contributed by atoms with Gasteiger partial charge in [-0.1, -0.05) is 6.07 Å². The third kappa shape index (κ3) is 5.53. The van der Waals surface area contributed by atoms with Gasteiger partial charge in [0, 0.05) is 18.3 Å². The van der Waals surface area contributed by atoms with Gasteiger partial charge in [0.25, 0.3) is 12.3 Å². The molecule has 5 nitrogen and oxygen atoms in total. The van der Waals surface area contributed by atoms with Gasteiger partial charge in [-0.2, -0.15) is 13.2 Å². The Hall–Kier alpha value is -2.63. The van der Waals surface area contributed by atoms with E-state index < -0.39 is 43.0 Å². The number of anilines is 1. The van der Waals surface area contributed by atoms with Crippen LogP contribution >= 0.6 is 0 Å². The SMILES string of the molecule is CC1CC(c2ccc(C(F)F)nc2)CC(COc2cnc(N3CC(F)(F)C3)c(C(F)(F)F)c2)N1. The fourth-order valence-corrected chi connectivity index (χ4v) is 4.42. The Kier molecular flexibility index (Phi) is 6.63. The maximum absolute atomic E-state index is 13.5. The topological polar surface area (TPSA) is 50.3 Å². The highest BCUT2D eigenvalue weighted by Gasteiger charge is 2.47. The lowest BCUT2D eigenvalue weighted by Crippen LogP contribution is -2.57. The first kappa shape index (κ1) is 24.5. The minimum Gasteiger partial charge on any atom is -0.490 e. The molecule has 0 radical (unpaired) electrons. The highest BCUT2D eigenvalue weighted by atomic mass is 19.4. The van der Waals surface area contributed by atoms with Crippen LogP contribution in [0.1, 0.15) is 48.9 Å². The van der Waals surface area contributed by atoms with E-state index in [2.05, 4.69) is 15.3 Å². The molecule has 2 saturated heterocycles. The van der Waals surface area contributed by atoms with Crippen molar-refractivity contribution in [3.05, 3.63) is 47.4 Å². The van der Waals surface area contributed by atoms with Crippen molar-refractivity contribution in [3.8, 4) is 5.75 Å². The summed E-state index contributed by atoms with van der Waals surface area (Å²) in [5.74, 6) is -3.68. The van der Waals surface area contributed by atoms with Crippen LogP contribution < -0.4 is 15.0 Å². The van der Waals surface area contributed by atoms with Crippen LogP contribution in [0, 0.1) is 0 Å². The van der Waals surface area contributed by atoms with Crippen molar-refractivity contribution in [2.75, 3.05) is 24.6 Å². The van der Waals surface area contributed by atoms with Gasteiger partial charge < -0.3 is 15.0 Å². The van der Waals surface area contributed by atoms with Crippen LogP contribution in [0.3, 0.4) is 0 Å². The second-order valence-corrected chi connectivity index (χ2v) is 8.81. The molecule has 0 spiro atoms. The van der Waals surface area contributed by atoms with Crippen LogP contribution in [-0.4, -0.2) is 47.7 Å². The molecular weight excluding hydrogens is 469 g/mol. The number of hydrogen-bond donors (Lipinski definition) is 1. The van der Waals surface area contributed by atoms with E-state index >= 15 is 0 Å². The Balaban J connectivity index is 1.43. The van der Waals surface area contributed by atoms with E-state index in [4.69, 9.17) is 4.74 Å². The zero-order chi connectivity index (χ0) is 24.7. The van der Waals surface area contributed by atoms with Crippen LogP contribution in [0.4, 0.5) is 36.6 Å². The summed E-state index contributed by atoms with van der Waals surface area (Å²) in [5, 5.41) is 3.32. The minimum absolute atomic E-state index is 0.0170. The van der Waals surface area contributed by atoms with Gasteiger partial charge in [-0.05, 0) is 43.4 Å².